The molecule has 0 amide bonds. The standard InChI is InChI=1S/C27H28N2S/c1-27(2,3)22-14-9-20(10-15-22)11-16-23-19-26(21-12-17-25(30)18-13-21)29(28-23)24-7-5-4-6-8-24/h4-18,26,30H,19H2,1-3H3. The van der Waals surface area contributed by atoms with E-state index in [2.05, 4.69) is 111 Å². The van der Waals surface area contributed by atoms with E-state index in [1.165, 1.54) is 16.7 Å². The summed E-state index contributed by atoms with van der Waals surface area (Å²) in [4.78, 5) is 0.975. The number of nitrogens with zero attached hydrogens (tertiary/aromatic N) is 2. The lowest BCUT2D eigenvalue weighted by Gasteiger charge is -2.24. The second-order valence-electron chi connectivity index (χ2n) is 8.79. The lowest BCUT2D eigenvalue weighted by atomic mass is 9.87. The molecule has 0 fully saturated rings. The molecule has 3 heteroatoms. The fraction of sp³-hybridized carbons (Fsp3) is 0.222. The fourth-order valence-electron chi connectivity index (χ4n) is 3.70. The first kappa shape index (κ1) is 20.5. The van der Waals surface area contributed by atoms with Gasteiger partial charge in [0.2, 0.25) is 0 Å². The van der Waals surface area contributed by atoms with Gasteiger partial charge in [-0.05, 0) is 52.4 Å². The lowest BCUT2D eigenvalue weighted by Crippen LogP contribution is -2.18. The maximum absolute atomic E-state index is 4.95. The fourth-order valence-corrected chi connectivity index (χ4v) is 3.84. The molecule has 0 saturated heterocycles. The number of para-hydroxylation sites is 1. The Labute approximate surface area is 185 Å². The van der Waals surface area contributed by atoms with Gasteiger partial charge >= 0.3 is 0 Å². The predicted octanol–water partition coefficient (Wildman–Crippen LogP) is 7.29. The van der Waals surface area contributed by atoms with E-state index in [0.29, 0.717) is 0 Å². The summed E-state index contributed by atoms with van der Waals surface area (Å²) >= 11 is 4.43. The van der Waals surface area contributed by atoms with Crippen LogP contribution in [0.5, 0.6) is 0 Å². The molecule has 2 nitrogen and oxygen atoms in total. The first-order valence-corrected chi connectivity index (χ1v) is 10.8. The molecule has 152 valence electrons. The number of benzene rings is 3. The summed E-state index contributed by atoms with van der Waals surface area (Å²) in [5.41, 5.74) is 6.15. The molecule has 1 aliphatic rings. The Bertz CT molecular complexity index is 1040. The van der Waals surface area contributed by atoms with E-state index >= 15 is 0 Å². The SMILES string of the molecule is CC(C)(C)c1ccc(C=CC2=NN(c3ccccc3)C(c3ccc(S)cc3)C2)cc1. The molecule has 3 aromatic carbocycles. The van der Waals surface area contributed by atoms with Crippen LogP contribution in [0.4, 0.5) is 5.69 Å². The van der Waals surface area contributed by atoms with Crippen molar-refractivity contribution in [3.8, 4) is 0 Å². The molecule has 1 heterocycles. The van der Waals surface area contributed by atoms with Crippen molar-refractivity contribution in [3.63, 3.8) is 0 Å². The topological polar surface area (TPSA) is 15.6 Å². The maximum Gasteiger partial charge on any atom is 0.0831 e. The van der Waals surface area contributed by atoms with Crippen molar-refractivity contribution in [1.82, 2.24) is 0 Å². The number of thiol groups is 1. The van der Waals surface area contributed by atoms with Crippen LogP contribution in [-0.2, 0) is 5.41 Å². The van der Waals surface area contributed by atoms with Crippen LogP contribution < -0.4 is 5.01 Å². The van der Waals surface area contributed by atoms with Crippen LogP contribution in [0.1, 0.15) is 49.9 Å². The smallest absolute Gasteiger partial charge is 0.0831 e. The van der Waals surface area contributed by atoms with Crippen molar-refractivity contribution in [3.05, 3.63) is 102 Å². The van der Waals surface area contributed by atoms with Gasteiger partial charge in [0.1, 0.15) is 0 Å². The van der Waals surface area contributed by atoms with Crippen molar-refractivity contribution in [2.75, 3.05) is 5.01 Å². The molecule has 30 heavy (non-hydrogen) atoms. The van der Waals surface area contributed by atoms with E-state index in [1.54, 1.807) is 0 Å². The Hall–Kier alpha value is -2.78. The lowest BCUT2D eigenvalue weighted by molar-refractivity contribution is 0.590. The molecular formula is C27H28N2S. The molecule has 1 aliphatic heterocycles. The van der Waals surface area contributed by atoms with Gasteiger partial charge in [-0.25, -0.2) is 0 Å². The zero-order chi connectivity index (χ0) is 21.1. The van der Waals surface area contributed by atoms with Crippen LogP contribution in [0.15, 0.2) is 94.9 Å². The second kappa shape index (κ2) is 8.53. The van der Waals surface area contributed by atoms with E-state index in [1.807, 2.05) is 18.2 Å². The average molecular weight is 413 g/mol. The summed E-state index contributed by atoms with van der Waals surface area (Å²) in [5, 5.41) is 7.09. The number of hydrazone groups is 1. The first-order chi connectivity index (χ1) is 14.4. The number of anilines is 1. The van der Waals surface area contributed by atoms with Crippen molar-refractivity contribution in [2.24, 2.45) is 5.10 Å². The number of hydrogen-bond acceptors (Lipinski definition) is 3. The van der Waals surface area contributed by atoms with Crippen LogP contribution in [0.25, 0.3) is 6.08 Å². The van der Waals surface area contributed by atoms with Crippen molar-refractivity contribution in [2.45, 2.75) is 43.5 Å². The third kappa shape index (κ3) is 4.68. The summed E-state index contributed by atoms with van der Waals surface area (Å²) in [7, 11) is 0. The van der Waals surface area contributed by atoms with E-state index in [-0.39, 0.29) is 11.5 Å². The Morgan fingerprint density at radius 2 is 1.53 bits per heavy atom. The molecular weight excluding hydrogens is 384 g/mol. The van der Waals surface area contributed by atoms with Crippen LogP contribution in [0.3, 0.4) is 0 Å². The molecule has 0 bridgehead atoms. The third-order valence-corrected chi connectivity index (χ3v) is 5.78. The average Bonchev–Trinajstić information content (AvgIpc) is 3.17. The van der Waals surface area contributed by atoms with E-state index in [9.17, 15) is 0 Å². The molecule has 0 aromatic heterocycles. The van der Waals surface area contributed by atoms with Gasteiger partial charge in [0.25, 0.3) is 0 Å². The van der Waals surface area contributed by atoms with Gasteiger partial charge in [0, 0.05) is 11.3 Å². The summed E-state index contributed by atoms with van der Waals surface area (Å²) < 4.78 is 0. The minimum atomic E-state index is 0.170. The molecule has 0 aliphatic carbocycles. The molecule has 3 aromatic rings. The van der Waals surface area contributed by atoms with Gasteiger partial charge in [-0.15, -0.1) is 12.6 Å². The Morgan fingerprint density at radius 1 is 0.867 bits per heavy atom. The molecule has 0 N–H and O–H groups in total. The monoisotopic (exact) mass is 412 g/mol. The highest BCUT2D eigenvalue weighted by atomic mass is 32.1. The Kier molecular flexibility index (Phi) is 5.83. The summed E-state index contributed by atoms with van der Waals surface area (Å²) in [6, 6.07) is 27.8. The largest absolute Gasteiger partial charge is 0.257 e. The zero-order valence-electron chi connectivity index (χ0n) is 17.8. The van der Waals surface area contributed by atoms with E-state index < -0.39 is 0 Å². The molecule has 0 spiro atoms. The summed E-state index contributed by atoms with van der Waals surface area (Å²) in [6.07, 6.45) is 5.18. The van der Waals surface area contributed by atoms with Gasteiger partial charge in [0.05, 0.1) is 17.4 Å². The van der Waals surface area contributed by atoms with Crippen molar-refractivity contribution >= 4 is 30.1 Å². The van der Waals surface area contributed by atoms with Gasteiger partial charge in [-0.1, -0.05) is 81.4 Å². The van der Waals surface area contributed by atoms with E-state index in [4.69, 9.17) is 5.10 Å². The Balaban J connectivity index is 1.59. The van der Waals surface area contributed by atoms with Crippen molar-refractivity contribution < 1.29 is 0 Å². The van der Waals surface area contributed by atoms with Crippen LogP contribution in [-0.4, -0.2) is 5.71 Å². The number of allylic oxidation sites excluding steroid dienone is 1. The normalized spacial score (nSPS) is 16.9. The van der Waals surface area contributed by atoms with Gasteiger partial charge in [0.15, 0.2) is 0 Å². The maximum atomic E-state index is 4.95. The first-order valence-electron chi connectivity index (χ1n) is 10.4. The van der Waals surface area contributed by atoms with E-state index in [0.717, 1.165) is 22.7 Å². The minimum Gasteiger partial charge on any atom is -0.257 e. The number of rotatable bonds is 4. The van der Waals surface area contributed by atoms with Crippen LogP contribution >= 0.6 is 12.6 Å². The molecule has 4 rings (SSSR count). The highest BCUT2D eigenvalue weighted by Crippen LogP contribution is 2.35. The summed E-state index contributed by atoms with van der Waals surface area (Å²) in [6.45, 7) is 6.72. The highest BCUT2D eigenvalue weighted by Gasteiger charge is 2.28. The van der Waals surface area contributed by atoms with Crippen LogP contribution in [0, 0.1) is 0 Å². The third-order valence-electron chi connectivity index (χ3n) is 5.48. The molecule has 0 saturated carbocycles. The van der Waals surface area contributed by atoms with Crippen LogP contribution in [0.2, 0.25) is 0 Å². The summed E-state index contributed by atoms with van der Waals surface area (Å²) in [5.74, 6) is 0. The number of hydrogen-bond donors (Lipinski definition) is 1. The predicted molar refractivity (Wildman–Crippen MR) is 132 cm³/mol. The minimum absolute atomic E-state index is 0.170. The van der Waals surface area contributed by atoms with Crippen molar-refractivity contribution in [1.29, 1.82) is 0 Å². The molecule has 0 radical (unpaired) electrons. The Morgan fingerprint density at radius 3 is 2.17 bits per heavy atom. The van der Waals surface area contributed by atoms with Gasteiger partial charge in [-0.3, -0.25) is 5.01 Å². The quantitative estimate of drug-likeness (QED) is 0.445. The highest BCUT2D eigenvalue weighted by molar-refractivity contribution is 7.80. The molecule has 1 unspecified atom stereocenters. The zero-order valence-corrected chi connectivity index (χ0v) is 18.7. The molecule has 1 atom stereocenters. The van der Waals surface area contributed by atoms with Gasteiger partial charge < -0.3 is 0 Å². The second-order valence-corrected chi connectivity index (χ2v) is 9.30. The van der Waals surface area contributed by atoms with Gasteiger partial charge in [-0.2, -0.15) is 5.10 Å².